The van der Waals surface area contributed by atoms with Crippen LogP contribution in [0.25, 0.3) is 0 Å². The Kier molecular flexibility index (Phi) is 3.45. The third-order valence-electron chi connectivity index (χ3n) is 2.80. The predicted octanol–water partition coefficient (Wildman–Crippen LogP) is 1.75. The molecule has 0 aliphatic carbocycles. The summed E-state index contributed by atoms with van der Waals surface area (Å²) in [5.74, 6) is 0.155. The van der Waals surface area contributed by atoms with Gasteiger partial charge in [0.2, 0.25) is 0 Å². The van der Waals surface area contributed by atoms with Gasteiger partial charge in [0.15, 0.2) is 5.78 Å². The fraction of sp³-hybridized carbons (Fsp3) is 0.500. The Morgan fingerprint density at radius 1 is 1.33 bits per heavy atom. The molecule has 3 nitrogen and oxygen atoms in total. The van der Waals surface area contributed by atoms with Crippen LogP contribution in [0.3, 0.4) is 0 Å². The van der Waals surface area contributed by atoms with Gasteiger partial charge in [-0.25, -0.2) is 0 Å². The van der Waals surface area contributed by atoms with Crippen LogP contribution in [0, 0.1) is 0 Å². The molecular formula is C12H16N2O. The molecule has 0 spiro atoms. The number of likely N-dealkylation sites (tertiary alicyclic amines) is 1. The van der Waals surface area contributed by atoms with Gasteiger partial charge in [0.05, 0.1) is 0 Å². The molecule has 1 aliphatic heterocycles. The molecular weight excluding hydrogens is 188 g/mol. The monoisotopic (exact) mass is 204 g/mol. The van der Waals surface area contributed by atoms with Gasteiger partial charge in [0.25, 0.3) is 0 Å². The van der Waals surface area contributed by atoms with E-state index in [0.29, 0.717) is 12.1 Å². The highest BCUT2D eigenvalue weighted by Gasteiger charge is 2.13. The Labute approximate surface area is 90.1 Å². The molecule has 1 saturated heterocycles. The van der Waals surface area contributed by atoms with E-state index < -0.39 is 0 Å². The van der Waals surface area contributed by atoms with Crippen LogP contribution in [0.15, 0.2) is 24.4 Å². The highest BCUT2D eigenvalue weighted by Crippen LogP contribution is 2.08. The maximum Gasteiger partial charge on any atom is 0.182 e. The van der Waals surface area contributed by atoms with E-state index in [9.17, 15) is 4.79 Å². The smallest absolute Gasteiger partial charge is 0.182 e. The van der Waals surface area contributed by atoms with Crippen molar-refractivity contribution in [3.8, 4) is 0 Å². The molecule has 1 fully saturated rings. The molecule has 0 atom stereocenters. The first-order chi connectivity index (χ1) is 7.36. The lowest BCUT2D eigenvalue weighted by molar-refractivity contribution is 0.0964. The zero-order chi connectivity index (χ0) is 10.5. The van der Waals surface area contributed by atoms with Crippen LogP contribution in [-0.2, 0) is 0 Å². The summed E-state index contributed by atoms with van der Waals surface area (Å²) in [6, 6.07) is 5.47. The summed E-state index contributed by atoms with van der Waals surface area (Å²) < 4.78 is 0. The van der Waals surface area contributed by atoms with E-state index in [2.05, 4.69) is 9.88 Å². The van der Waals surface area contributed by atoms with Crippen LogP contribution in [0.2, 0.25) is 0 Å². The lowest BCUT2D eigenvalue weighted by Crippen LogP contribution is -2.22. The number of carbonyl (C=O) groups is 1. The van der Waals surface area contributed by atoms with Crippen molar-refractivity contribution in [2.45, 2.75) is 19.3 Å². The number of hydrogen-bond acceptors (Lipinski definition) is 3. The fourth-order valence-electron chi connectivity index (χ4n) is 1.92. The number of hydrogen-bond donors (Lipinski definition) is 0. The van der Waals surface area contributed by atoms with Crippen molar-refractivity contribution >= 4 is 5.78 Å². The van der Waals surface area contributed by atoms with Crippen LogP contribution >= 0.6 is 0 Å². The third-order valence-corrected chi connectivity index (χ3v) is 2.80. The molecule has 0 unspecified atom stereocenters. The Morgan fingerprint density at radius 3 is 2.80 bits per heavy atom. The van der Waals surface area contributed by atoms with Crippen molar-refractivity contribution in [3.05, 3.63) is 30.1 Å². The average Bonchev–Trinajstić information content (AvgIpc) is 2.80. The van der Waals surface area contributed by atoms with Gasteiger partial charge in [0, 0.05) is 19.2 Å². The molecule has 0 saturated carbocycles. The number of nitrogens with zero attached hydrogens (tertiary/aromatic N) is 2. The number of pyridine rings is 1. The Bertz CT molecular complexity index is 318. The molecule has 3 heteroatoms. The molecule has 0 N–H and O–H groups in total. The van der Waals surface area contributed by atoms with E-state index in [0.717, 1.165) is 19.6 Å². The average molecular weight is 204 g/mol. The van der Waals surface area contributed by atoms with E-state index in [1.807, 2.05) is 12.1 Å². The van der Waals surface area contributed by atoms with Gasteiger partial charge in [0.1, 0.15) is 5.69 Å². The molecule has 2 rings (SSSR count). The second-order valence-corrected chi connectivity index (χ2v) is 3.94. The van der Waals surface area contributed by atoms with Gasteiger partial charge in [-0.15, -0.1) is 0 Å². The molecule has 15 heavy (non-hydrogen) atoms. The largest absolute Gasteiger partial charge is 0.303 e. The van der Waals surface area contributed by atoms with E-state index >= 15 is 0 Å². The first kappa shape index (κ1) is 10.3. The summed E-state index contributed by atoms with van der Waals surface area (Å²) in [6.07, 6.45) is 4.82. The van der Waals surface area contributed by atoms with Gasteiger partial charge in [-0.3, -0.25) is 9.78 Å². The van der Waals surface area contributed by atoms with E-state index in [1.54, 1.807) is 12.3 Å². The standard InChI is InChI=1S/C12H16N2O/c15-12(11-5-1-2-7-13-11)6-10-14-8-3-4-9-14/h1-2,5,7H,3-4,6,8-10H2. The first-order valence-electron chi connectivity index (χ1n) is 5.53. The minimum atomic E-state index is 0.155. The molecule has 0 amide bonds. The van der Waals surface area contributed by atoms with Crippen molar-refractivity contribution < 1.29 is 4.79 Å². The van der Waals surface area contributed by atoms with E-state index in [1.165, 1.54) is 12.8 Å². The van der Waals surface area contributed by atoms with Gasteiger partial charge in [-0.1, -0.05) is 6.07 Å². The summed E-state index contributed by atoms with van der Waals surface area (Å²) in [7, 11) is 0. The van der Waals surface area contributed by atoms with Crippen LogP contribution < -0.4 is 0 Å². The zero-order valence-corrected chi connectivity index (χ0v) is 8.85. The molecule has 0 aromatic carbocycles. The van der Waals surface area contributed by atoms with Crippen molar-refractivity contribution in [2.24, 2.45) is 0 Å². The number of rotatable bonds is 4. The topological polar surface area (TPSA) is 33.2 Å². The van der Waals surface area contributed by atoms with Crippen LogP contribution in [0.4, 0.5) is 0 Å². The lowest BCUT2D eigenvalue weighted by atomic mass is 10.2. The lowest BCUT2D eigenvalue weighted by Gasteiger charge is -2.12. The van der Waals surface area contributed by atoms with Crippen molar-refractivity contribution in [1.29, 1.82) is 0 Å². The number of Topliss-reactive ketones (excluding diaryl/α,β-unsaturated/α-hetero) is 1. The normalized spacial score (nSPS) is 16.8. The third kappa shape index (κ3) is 2.86. The molecule has 0 radical (unpaired) electrons. The maximum atomic E-state index is 11.7. The van der Waals surface area contributed by atoms with Gasteiger partial charge < -0.3 is 4.90 Å². The first-order valence-corrected chi connectivity index (χ1v) is 5.53. The molecule has 1 aromatic heterocycles. The Hall–Kier alpha value is -1.22. The van der Waals surface area contributed by atoms with E-state index in [-0.39, 0.29) is 5.78 Å². The van der Waals surface area contributed by atoms with Crippen LogP contribution in [-0.4, -0.2) is 35.3 Å². The highest BCUT2D eigenvalue weighted by molar-refractivity contribution is 5.94. The van der Waals surface area contributed by atoms with Gasteiger partial charge in [-0.05, 0) is 38.1 Å². The maximum absolute atomic E-state index is 11.7. The Balaban J connectivity index is 1.82. The quantitative estimate of drug-likeness (QED) is 0.700. The highest BCUT2D eigenvalue weighted by atomic mass is 16.1. The Morgan fingerprint density at radius 2 is 2.13 bits per heavy atom. The summed E-state index contributed by atoms with van der Waals surface area (Å²) in [6.45, 7) is 3.18. The molecule has 1 aliphatic rings. The predicted molar refractivity (Wildman–Crippen MR) is 58.9 cm³/mol. The minimum Gasteiger partial charge on any atom is -0.303 e. The zero-order valence-electron chi connectivity index (χ0n) is 8.85. The SMILES string of the molecule is O=C(CCN1CCCC1)c1ccccn1. The van der Waals surface area contributed by atoms with E-state index in [4.69, 9.17) is 0 Å². The number of ketones is 1. The minimum absolute atomic E-state index is 0.155. The van der Waals surface area contributed by atoms with Gasteiger partial charge in [-0.2, -0.15) is 0 Å². The second kappa shape index (κ2) is 5.03. The summed E-state index contributed by atoms with van der Waals surface area (Å²) in [4.78, 5) is 18.1. The summed E-state index contributed by atoms with van der Waals surface area (Å²) in [5.41, 5.74) is 0.594. The fourth-order valence-corrected chi connectivity index (χ4v) is 1.92. The molecule has 2 heterocycles. The number of aromatic nitrogens is 1. The van der Waals surface area contributed by atoms with Crippen molar-refractivity contribution in [2.75, 3.05) is 19.6 Å². The second-order valence-electron chi connectivity index (χ2n) is 3.94. The van der Waals surface area contributed by atoms with Crippen LogP contribution in [0.5, 0.6) is 0 Å². The van der Waals surface area contributed by atoms with Crippen molar-refractivity contribution in [1.82, 2.24) is 9.88 Å². The molecule has 1 aromatic rings. The summed E-state index contributed by atoms with van der Waals surface area (Å²) >= 11 is 0. The molecule has 80 valence electrons. The molecule has 0 bridgehead atoms. The van der Waals surface area contributed by atoms with Crippen LogP contribution in [0.1, 0.15) is 29.8 Å². The number of carbonyl (C=O) groups excluding carboxylic acids is 1. The van der Waals surface area contributed by atoms with Gasteiger partial charge >= 0.3 is 0 Å². The summed E-state index contributed by atoms with van der Waals surface area (Å²) in [5, 5.41) is 0. The van der Waals surface area contributed by atoms with Crippen molar-refractivity contribution in [3.63, 3.8) is 0 Å².